The van der Waals surface area contributed by atoms with E-state index < -0.39 is 0 Å². The SMILES string of the molecule is CC(C)(C)C1CCCCCc2c1nnn2C(C)(C)CCC(C)(C)n1nnc2c1C(C(C)(C)C)CCCCC2. The van der Waals surface area contributed by atoms with Crippen molar-refractivity contribution in [3.63, 3.8) is 0 Å². The van der Waals surface area contributed by atoms with Crippen molar-refractivity contribution in [1.29, 1.82) is 0 Å². The highest BCUT2D eigenvalue weighted by molar-refractivity contribution is 5.22. The molecule has 2 heterocycles. The standard InChI is InChI=1S/C32H56N6/c1-29(2,3)23-17-13-12-16-20-26-27(23)34-36-37(26)31(7,8)21-22-32(9,10)38-28-24(30(4,5)6)18-14-11-15-19-25(28)33-35-38/h23-24H,11-22H2,1-10H3. The van der Waals surface area contributed by atoms with Gasteiger partial charge in [-0.25, -0.2) is 9.36 Å². The second-order valence-electron chi connectivity index (χ2n) is 15.8. The Morgan fingerprint density at radius 2 is 1.13 bits per heavy atom. The van der Waals surface area contributed by atoms with E-state index >= 15 is 0 Å². The van der Waals surface area contributed by atoms with Gasteiger partial charge in [-0.2, -0.15) is 0 Å². The summed E-state index contributed by atoms with van der Waals surface area (Å²) in [6.07, 6.45) is 14.3. The molecule has 2 unspecified atom stereocenters. The Hall–Kier alpha value is -1.72. The molecule has 0 spiro atoms. The van der Waals surface area contributed by atoms with Crippen molar-refractivity contribution in [2.45, 2.75) is 169 Å². The highest BCUT2D eigenvalue weighted by atomic mass is 15.5. The second-order valence-corrected chi connectivity index (χ2v) is 15.8. The van der Waals surface area contributed by atoms with Gasteiger partial charge in [-0.3, -0.25) is 0 Å². The first kappa shape index (κ1) is 29.3. The van der Waals surface area contributed by atoms with E-state index in [0.29, 0.717) is 11.8 Å². The largest absolute Gasteiger partial charge is 0.244 e. The molecule has 6 heteroatoms. The number of aryl methyl sites for hydroxylation is 1. The Morgan fingerprint density at radius 3 is 1.74 bits per heavy atom. The van der Waals surface area contributed by atoms with Crippen LogP contribution in [0.15, 0.2) is 0 Å². The van der Waals surface area contributed by atoms with Crippen LogP contribution in [0.5, 0.6) is 0 Å². The lowest BCUT2D eigenvalue weighted by Gasteiger charge is -2.38. The summed E-state index contributed by atoms with van der Waals surface area (Å²) in [5, 5.41) is 19.3. The summed E-state index contributed by atoms with van der Waals surface area (Å²) >= 11 is 0. The summed E-state index contributed by atoms with van der Waals surface area (Å²) in [5.41, 5.74) is 5.44. The van der Waals surface area contributed by atoms with Gasteiger partial charge in [-0.15, -0.1) is 10.2 Å². The van der Waals surface area contributed by atoms with Gasteiger partial charge in [-0.05, 0) is 89.9 Å². The van der Waals surface area contributed by atoms with E-state index in [-0.39, 0.29) is 21.9 Å². The normalized spacial score (nSPS) is 22.2. The molecular weight excluding hydrogens is 468 g/mol. The Bertz CT molecular complexity index is 1070. The number of aromatic nitrogens is 6. The lowest BCUT2D eigenvalue weighted by molar-refractivity contribution is 0.190. The molecule has 2 aliphatic rings. The number of nitrogens with zero attached hydrogens (tertiary/aromatic N) is 6. The van der Waals surface area contributed by atoms with E-state index in [9.17, 15) is 0 Å². The van der Waals surface area contributed by atoms with Crippen molar-refractivity contribution in [3.05, 3.63) is 22.8 Å². The van der Waals surface area contributed by atoms with Crippen LogP contribution in [0.4, 0.5) is 0 Å². The summed E-state index contributed by atoms with van der Waals surface area (Å²) in [4.78, 5) is 0. The zero-order chi connectivity index (χ0) is 27.9. The number of rotatable bonds is 5. The molecular formula is C32H56N6. The molecule has 0 radical (unpaired) electrons. The quantitative estimate of drug-likeness (QED) is 0.394. The molecule has 0 aliphatic heterocycles. The zero-order valence-corrected chi connectivity index (χ0v) is 26.3. The lowest BCUT2D eigenvalue weighted by atomic mass is 9.73. The molecule has 0 N–H and O–H groups in total. The molecule has 0 aromatic carbocycles. The van der Waals surface area contributed by atoms with Gasteiger partial charge >= 0.3 is 0 Å². The molecule has 0 saturated heterocycles. The smallest absolute Gasteiger partial charge is 0.0895 e. The molecule has 0 amide bonds. The van der Waals surface area contributed by atoms with Crippen molar-refractivity contribution >= 4 is 0 Å². The number of hydrogen-bond donors (Lipinski definition) is 0. The first-order chi connectivity index (χ1) is 17.6. The van der Waals surface area contributed by atoms with Crippen LogP contribution in [-0.2, 0) is 23.9 Å². The third-order valence-corrected chi connectivity index (χ3v) is 9.63. The van der Waals surface area contributed by atoms with Crippen molar-refractivity contribution in [2.24, 2.45) is 10.8 Å². The minimum absolute atomic E-state index is 0.113. The Balaban J connectivity index is 1.62. The predicted molar refractivity (Wildman–Crippen MR) is 157 cm³/mol. The van der Waals surface area contributed by atoms with Gasteiger partial charge < -0.3 is 0 Å². The summed E-state index contributed by atoms with van der Waals surface area (Å²) in [5.74, 6) is 0.965. The Morgan fingerprint density at radius 1 is 0.605 bits per heavy atom. The van der Waals surface area contributed by atoms with Crippen LogP contribution in [0, 0.1) is 10.8 Å². The van der Waals surface area contributed by atoms with Crippen molar-refractivity contribution < 1.29 is 0 Å². The van der Waals surface area contributed by atoms with E-state index in [1.165, 1.54) is 74.1 Å². The van der Waals surface area contributed by atoms with Crippen LogP contribution in [0.3, 0.4) is 0 Å². The average molecular weight is 525 g/mol. The maximum Gasteiger partial charge on any atom is 0.0895 e. The van der Waals surface area contributed by atoms with Crippen molar-refractivity contribution in [3.8, 4) is 0 Å². The number of fused-ring (bicyclic) bond motifs is 2. The van der Waals surface area contributed by atoms with Gasteiger partial charge in [0.2, 0.25) is 0 Å². The molecule has 2 aromatic heterocycles. The van der Waals surface area contributed by atoms with Crippen LogP contribution in [0.2, 0.25) is 0 Å². The molecule has 0 saturated carbocycles. The van der Waals surface area contributed by atoms with Crippen LogP contribution in [0.25, 0.3) is 0 Å². The van der Waals surface area contributed by atoms with E-state index in [2.05, 4.69) is 78.6 Å². The van der Waals surface area contributed by atoms with Gasteiger partial charge in [0.05, 0.1) is 33.9 Å². The molecule has 214 valence electrons. The van der Waals surface area contributed by atoms with Gasteiger partial charge in [0.1, 0.15) is 0 Å². The van der Waals surface area contributed by atoms with E-state index in [4.69, 9.17) is 20.6 Å². The molecule has 6 nitrogen and oxygen atoms in total. The van der Waals surface area contributed by atoms with Gasteiger partial charge in [0, 0.05) is 11.8 Å². The van der Waals surface area contributed by atoms with Gasteiger partial charge in [0.15, 0.2) is 0 Å². The van der Waals surface area contributed by atoms with Gasteiger partial charge in [0.25, 0.3) is 0 Å². The Kier molecular flexibility index (Phi) is 8.23. The highest BCUT2D eigenvalue weighted by Crippen LogP contribution is 2.45. The third kappa shape index (κ3) is 6.04. The maximum absolute atomic E-state index is 4.87. The van der Waals surface area contributed by atoms with Crippen LogP contribution in [-0.4, -0.2) is 30.0 Å². The molecule has 2 aliphatic carbocycles. The molecule has 0 bridgehead atoms. The van der Waals surface area contributed by atoms with Crippen LogP contribution < -0.4 is 0 Å². The van der Waals surface area contributed by atoms with Crippen LogP contribution >= 0.6 is 0 Å². The molecule has 2 aromatic rings. The first-order valence-corrected chi connectivity index (χ1v) is 15.5. The average Bonchev–Trinajstić information content (AvgIpc) is 3.35. The summed E-state index contributed by atoms with van der Waals surface area (Å²) in [6, 6.07) is 0. The predicted octanol–water partition coefficient (Wildman–Crippen LogP) is 8.31. The minimum Gasteiger partial charge on any atom is -0.244 e. The topological polar surface area (TPSA) is 61.4 Å². The third-order valence-electron chi connectivity index (χ3n) is 9.63. The maximum atomic E-state index is 4.87. The summed E-state index contributed by atoms with van der Waals surface area (Å²) in [7, 11) is 0. The zero-order valence-electron chi connectivity index (χ0n) is 26.3. The fourth-order valence-corrected chi connectivity index (χ4v) is 7.02. The fraction of sp³-hybridized carbons (Fsp3) is 0.875. The number of hydrogen-bond acceptors (Lipinski definition) is 4. The monoisotopic (exact) mass is 524 g/mol. The first-order valence-electron chi connectivity index (χ1n) is 15.5. The molecule has 38 heavy (non-hydrogen) atoms. The van der Waals surface area contributed by atoms with E-state index in [1.807, 2.05) is 0 Å². The van der Waals surface area contributed by atoms with E-state index in [0.717, 1.165) is 25.7 Å². The Labute approximate surface area is 232 Å². The lowest BCUT2D eigenvalue weighted by Crippen LogP contribution is -2.37. The fourth-order valence-electron chi connectivity index (χ4n) is 7.02. The molecule has 0 fully saturated rings. The van der Waals surface area contributed by atoms with Crippen LogP contribution in [0.1, 0.15) is 168 Å². The second kappa shape index (κ2) is 10.7. The highest BCUT2D eigenvalue weighted by Gasteiger charge is 2.39. The molecule has 2 atom stereocenters. The summed E-state index contributed by atoms with van der Waals surface area (Å²) in [6.45, 7) is 23.7. The van der Waals surface area contributed by atoms with Crippen molar-refractivity contribution in [2.75, 3.05) is 0 Å². The molecule has 4 rings (SSSR count). The summed E-state index contributed by atoms with van der Waals surface area (Å²) < 4.78 is 4.62. The minimum atomic E-state index is -0.122. The van der Waals surface area contributed by atoms with Gasteiger partial charge in [-0.1, -0.05) is 77.7 Å². The van der Waals surface area contributed by atoms with E-state index in [1.54, 1.807) is 0 Å². The van der Waals surface area contributed by atoms with Crippen molar-refractivity contribution in [1.82, 2.24) is 30.0 Å².